The zero-order valence-corrected chi connectivity index (χ0v) is 30.5. The second-order valence-electron chi connectivity index (χ2n) is 15.1. The predicted octanol–water partition coefficient (Wildman–Crippen LogP) is 5.37. The molecule has 276 valence electrons. The first kappa shape index (κ1) is 35.1. The van der Waals surface area contributed by atoms with Crippen molar-refractivity contribution in [1.82, 2.24) is 39.0 Å². The molecule has 8 rings (SSSR count). The first-order valence-corrected chi connectivity index (χ1v) is 19.0. The fourth-order valence-corrected chi connectivity index (χ4v) is 8.58. The molecular formula is C41H47FN8O3. The van der Waals surface area contributed by atoms with Crippen LogP contribution in [0, 0.1) is 12.7 Å². The number of halogens is 1. The molecular weight excluding hydrogens is 672 g/mol. The number of likely N-dealkylation sites (tertiary alicyclic amines) is 2. The molecule has 0 radical (unpaired) electrons. The maximum atomic E-state index is 14.6. The highest BCUT2D eigenvalue weighted by Crippen LogP contribution is 2.29. The summed E-state index contributed by atoms with van der Waals surface area (Å²) in [5.41, 5.74) is 4.02. The van der Waals surface area contributed by atoms with Crippen molar-refractivity contribution in [2.24, 2.45) is 7.05 Å². The summed E-state index contributed by atoms with van der Waals surface area (Å²) in [5, 5.41) is 7.38. The zero-order valence-electron chi connectivity index (χ0n) is 30.5. The summed E-state index contributed by atoms with van der Waals surface area (Å²) < 4.78 is 18.9. The minimum absolute atomic E-state index is 0.0461. The van der Waals surface area contributed by atoms with Crippen molar-refractivity contribution >= 4 is 16.9 Å². The molecule has 3 aromatic heterocycles. The van der Waals surface area contributed by atoms with Crippen molar-refractivity contribution in [2.75, 3.05) is 26.2 Å². The van der Waals surface area contributed by atoms with Gasteiger partial charge in [0.05, 0.1) is 17.3 Å². The average molecular weight is 719 g/mol. The van der Waals surface area contributed by atoms with Crippen LogP contribution in [0.15, 0.2) is 76.4 Å². The van der Waals surface area contributed by atoms with Gasteiger partial charge in [0.15, 0.2) is 5.65 Å². The Balaban J connectivity index is 1.01. The Bertz CT molecular complexity index is 2220. The van der Waals surface area contributed by atoms with Gasteiger partial charge >= 0.3 is 5.69 Å². The molecule has 0 unspecified atom stereocenters. The van der Waals surface area contributed by atoms with Gasteiger partial charge in [-0.25, -0.2) is 18.7 Å². The molecule has 2 saturated heterocycles. The van der Waals surface area contributed by atoms with E-state index in [-0.39, 0.29) is 23.0 Å². The molecule has 2 aliphatic heterocycles. The summed E-state index contributed by atoms with van der Waals surface area (Å²) >= 11 is 0. The van der Waals surface area contributed by atoms with E-state index in [0.29, 0.717) is 37.1 Å². The number of nitrogens with one attached hydrogen (secondary N) is 1. The van der Waals surface area contributed by atoms with Crippen LogP contribution >= 0.6 is 0 Å². The minimum atomic E-state index is -0.646. The molecule has 3 fully saturated rings. The van der Waals surface area contributed by atoms with Crippen LogP contribution in [-0.4, -0.2) is 77.9 Å². The van der Waals surface area contributed by atoms with E-state index in [1.165, 1.54) is 53.5 Å². The lowest BCUT2D eigenvalue weighted by Gasteiger charge is -2.36. The van der Waals surface area contributed by atoms with Gasteiger partial charge in [-0.05, 0) is 125 Å². The number of aryl methyl sites for hydroxylation is 2. The highest BCUT2D eigenvalue weighted by atomic mass is 19.1. The molecule has 1 amide bonds. The summed E-state index contributed by atoms with van der Waals surface area (Å²) in [6.45, 7) is 7.57. The molecule has 1 N–H and O–H groups in total. The number of pyridine rings is 1. The van der Waals surface area contributed by atoms with Crippen LogP contribution in [-0.2, 0) is 13.6 Å². The van der Waals surface area contributed by atoms with Crippen LogP contribution in [0.25, 0.3) is 27.8 Å². The van der Waals surface area contributed by atoms with Gasteiger partial charge in [0, 0.05) is 37.4 Å². The van der Waals surface area contributed by atoms with Crippen molar-refractivity contribution in [3.8, 4) is 16.8 Å². The van der Waals surface area contributed by atoms with Crippen LogP contribution in [0.1, 0.15) is 79.2 Å². The predicted molar refractivity (Wildman–Crippen MR) is 203 cm³/mol. The smallest absolute Gasteiger partial charge is 0.337 e. The van der Waals surface area contributed by atoms with Gasteiger partial charge in [-0.1, -0.05) is 36.4 Å². The molecule has 1 saturated carbocycles. The van der Waals surface area contributed by atoms with E-state index in [2.05, 4.69) is 49.5 Å². The monoisotopic (exact) mass is 718 g/mol. The van der Waals surface area contributed by atoms with Crippen molar-refractivity contribution in [3.63, 3.8) is 0 Å². The standard InChI is InChI=1S/C41H47FN8O3/c1-27-22-37(45-46(27)2)39(51)44-32-12-14-34(15-13-32)50-40(52)36-24-31(42)25-43-38(36)49(41(50)53)35-7-5-6-30(23-35)29-10-8-28(9-11-29)26-47-20-16-33(17-21-47)48-18-3-4-19-48/h5-11,22-25,32-34H,3-4,12-21,26H2,1-2H3,(H,44,51). The van der Waals surface area contributed by atoms with E-state index in [1.807, 2.05) is 31.2 Å². The van der Waals surface area contributed by atoms with Crippen molar-refractivity contribution in [1.29, 1.82) is 0 Å². The molecule has 11 nitrogen and oxygen atoms in total. The molecule has 5 aromatic rings. The number of fused-ring (bicyclic) bond motifs is 1. The summed E-state index contributed by atoms with van der Waals surface area (Å²) in [6.07, 6.45) is 8.34. The number of hydrogen-bond acceptors (Lipinski definition) is 7. The van der Waals surface area contributed by atoms with Gasteiger partial charge in [0.2, 0.25) is 0 Å². The molecule has 0 spiro atoms. The lowest BCUT2D eigenvalue weighted by atomic mass is 9.90. The number of piperidine rings is 1. The molecule has 53 heavy (non-hydrogen) atoms. The number of nitrogens with zero attached hydrogens (tertiary/aromatic N) is 7. The van der Waals surface area contributed by atoms with E-state index in [9.17, 15) is 18.8 Å². The molecule has 5 heterocycles. The number of carbonyl (C=O) groups is 1. The summed E-state index contributed by atoms with van der Waals surface area (Å²) in [7, 11) is 1.79. The first-order chi connectivity index (χ1) is 25.7. The third-order valence-corrected chi connectivity index (χ3v) is 11.6. The van der Waals surface area contributed by atoms with Gasteiger partial charge in [-0.2, -0.15) is 5.10 Å². The van der Waals surface area contributed by atoms with Gasteiger partial charge in [-0.3, -0.25) is 23.7 Å². The molecule has 0 bridgehead atoms. The average Bonchev–Trinajstić information content (AvgIpc) is 3.83. The number of carbonyl (C=O) groups excluding carboxylic acids is 1. The Morgan fingerprint density at radius 1 is 0.868 bits per heavy atom. The maximum absolute atomic E-state index is 14.6. The Morgan fingerprint density at radius 2 is 1.60 bits per heavy atom. The lowest BCUT2D eigenvalue weighted by molar-refractivity contribution is 0.0916. The van der Waals surface area contributed by atoms with Gasteiger partial charge in [-0.15, -0.1) is 0 Å². The third kappa shape index (κ3) is 7.22. The maximum Gasteiger partial charge on any atom is 0.337 e. The van der Waals surface area contributed by atoms with Crippen LogP contribution in [0.2, 0.25) is 0 Å². The Kier molecular flexibility index (Phi) is 9.82. The Hall–Kier alpha value is -4.94. The molecule has 1 aliphatic carbocycles. The minimum Gasteiger partial charge on any atom is -0.348 e. The number of hydrogen-bond donors (Lipinski definition) is 1. The second-order valence-corrected chi connectivity index (χ2v) is 15.1. The largest absolute Gasteiger partial charge is 0.348 e. The summed E-state index contributed by atoms with van der Waals surface area (Å²) in [5.74, 6) is -0.890. The quantitative estimate of drug-likeness (QED) is 0.230. The van der Waals surface area contributed by atoms with Crippen LogP contribution in [0.3, 0.4) is 0 Å². The van der Waals surface area contributed by atoms with Crippen molar-refractivity contribution in [2.45, 2.75) is 83.0 Å². The van der Waals surface area contributed by atoms with E-state index >= 15 is 0 Å². The topological polar surface area (TPSA) is 110 Å². The van der Waals surface area contributed by atoms with E-state index in [1.54, 1.807) is 17.8 Å². The summed E-state index contributed by atoms with van der Waals surface area (Å²) in [6, 6.07) is 19.3. The molecule has 3 aliphatic rings. The van der Waals surface area contributed by atoms with E-state index in [0.717, 1.165) is 54.8 Å². The number of benzene rings is 2. The first-order valence-electron chi connectivity index (χ1n) is 19.0. The summed E-state index contributed by atoms with van der Waals surface area (Å²) in [4.78, 5) is 50.5. The Morgan fingerprint density at radius 3 is 2.30 bits per heavy atom. The highest BCUT2D eigenvalue weighted by molar-refractivity contribution is 5.92. The number of amides is 1. The van der Waals surface area contributed by atoms with Crippen molar-refractivity contribution in [3.05, 3.63) is 110 Å². The van der Waals surface area contributed by atoms with Crippen molar-refractivity contribution < 1.29 is 9.18 Å². The second kappa shape index (κ2) is 14.8. The number of aromatic nitrogens is 5. The SMILES string of the molecule is Cc1cc(C(=O)NC2CCC(n3c(=O)c4cc(F)cnc4n(-c4cccc(-c5ccc(CN6CCC(N7CCCC7)CC6)cc5)c4)c3=O)CC2)nn1C. The highest BCUT2D eigenvalue weighted by Gasteiger charge is 2.29. The third-order valence-electron chi connectivity index (χ3n) is 11.6. The molecule has 12 heteroatoms. The van der Waals surface area contributed by atoms with Gasteiger partial charge in [0.1, 0.15) is 11.5 Å². The normalized spacial score (nSPS) is 20.3. The van der Waals surface area contributed by atoms with Gasteiger partial charge in [0.25, 0.3) is 11.5 Å². The van der Waals surface area contributed by atoms with Gasteiger partial charge < -0.3 is 10.2 Å². The van der Waals surface area contributed by atoms with Crippen LogP contribution in [0.5, 0.6) is 0 Å². The van der Waals surface area contributed by atoms with Crippen LogP contribution < -0.4 is 16.6 Å². The zero-order chi connectivity index (χ0) is 36.6. The lowest BCUT2D eigenvalue weighted by Crippen LogP contribution is -2.45. The fraction of sp³-hybridized carbons (Fsp3) is 0.439. The van der Waals surface area contributed by atoms with E-state index in [4.69, 9.17) is 0 Å². The Labute approximate surface area is 308 Å². The number of rotatable bonds is 8. The fourth-order valence-electron chi connectivity index (χ4n) is 8.58. The van der Waals surface area contributed by atoms with E-state index < -0.39 is 23.1 Å². The van der Waals surface area contributed by atoms with Crippen LogP contribution in [0.4, 0.5) is 4.39 Å². The molecule has 2 aromatic carbocycles. The molecule has 0 atom stereocenters.